The molecule has 0 saturated carbocycles. The zero-order chi connectivity index (χ0) is 22.0. The van der Waals surface area contributed by atoms with Gasteiger partial charge in [-0.3, -0.25) is 9.69 Å². The molecule has 2 aromatic rings. The molecule has 1 saturated heterocycles. The monoisotopic (exact) mass is 426 g/mol. The van der Waals surface area contributed by atoms with Crippen molar-refractivity contribution in [3.63, 3.8) is 0 Å². The van der Waals surface area contributed by atoms with Crippen LogP contribution in [-0.2, 0) is 11.3 Å². The highest BCUT2D eigenvalue weighted by molar-refractivity contribution is 5.79. The average molecular weight is 427 g/mol. The van der Waals surface area contributed by atoms with Gasteiger partial charge in [0.15, 0.2) is 0 Å². The van der Waals surface area contributed by atoms with Gasteiger partial charge in [0.1, 0.15) is 22.9 Å². The summed E-state index contributed by atoms with van der Waals surface area (Å²) in [6, 6.07) is 12.2. The van der Waals surface area contributed by atoms with Gasteiger partial charge in [-0.05, 0) is 69.1 Å². The smallest absolute Gasteiger partial charge is 0.224 e. The summed E-state index contributed by atoms with van der Waals surface area (Å²) < 4.78 is 24.7. The molecule has 1 N–H and O–H groups in total. The molecular formula is C25H31FN2O3. The van der Waals surface area contributed by atoms with E-state index in [4.69, 9.17) is 9.47 Å². The second-order valence-electron chi connectivity index (χ2n) is 9.23. The summed E-state index contributed by atoms with van der Waals surface area (Å²) in [7, 11) is 1.64. The van der Waals surface area contributed by atoms with Crippen LogP contribution in [0.2, 0.25) is 0 Å². The van der Waals surface area contributed by atoms with Gasteiger partial charge in [0.05, 0.1) is 19.1 Å². The van der Waals surface area contributed by atoms with Crippen LogP contribution in [-0.4, -0.2) is 36.6 Å². The summed E-state index contributed by atoms with van der Waals surface area (Å²) in [4.78, 5) is 15.5. The van der Waals surface area contributed by atoms with E-state index in [0.717, 1.165) is 48.6 Å². The molecule has 2 heterocycles. The highest BCUT2D eigenvalue weighted by atomic mass is 19.1. The number of fused-ring (bicyclic) bond motifs is 1. The maximum atomic E-state index is 13.2. The number of likely N-dealkylation sites (tertiary alicyclic amines) is 1. The molecule has 2 aromatic carbocycles. The highest BCUT2D eigenvalue weighted by Crippen LogP contribution is 2.41. The lowest BCUT2D eigenvalue weighted by Gasteiger charge is -2.39. The van der Waals surface area contributed by atoms with Gasteiger partial charge in [-0.1, -0.05) is 12.1 Å². The lowest BCUT2D eigenvalue weighted by atomic mass is 9.88. The molecule has 2 atom stereocenters. The van der Waals surface area contributed by atoms with Crippen molar-refractivity contribution in [2.24, 2.45) is 5.92 Å². The quantitative estimate of drug-likeness (QED) is 0.767. The first-order valence-electron chi connectivity index (χ1n) is 11.0. The number of nitrogens with one attached hydrogen (secondary N) is 1. The number of nitrogens with zero attached hydrogens (tertiary/aromatic N) is 1. The van der Waals surface area contributed by atoms with Crippen molar-refractivity contribution in [3.8, 4) is 11.5 Å². The SMILES string of the molecule is COc1ccc2c(c1)[C@@H](NC(=O)[C@H]1CCCN(Cc3ccc(F)cc3)C1)CC(C)(C)O2. The Kier molecular flexibility index (Phi) is 6.19. The van der Waals surface area contributed by atoms with E-state index in [-0.39, 0.29) is 29.3 Å². The second kappa shape index (κ2) is 8.87. The summed E-state index contributed by atoms with van der Waals surface area (Å²) in [6.45, 7) is 6.48. The number of carbonyl (C=O) groups excluding carboxylic acids is 1. The normalized spacial score (nSPS) is 22.8. The molecule has 0 radical (unpaired) electrons. The van der Waals surface area contributed by atoms with Crippen LogP contribution in [0.3, 0.4) is 0 Å². The highest BCUT2D eigenvalue weighted by Gasteiger charge is 2.36. The van der Waals surface area contributed by atoms with Gasteiger partial charge >= 0.3 is 0 Å². The Morgan fingerprint density at radius 1 is 1.26 bits per heavy atom. The zero-order valence-corrected chi connectivity index (χ0v) is 18.5. The minimum absolute atomic E-state index is 0.0609. The van der Waals surface area contributed by atoms with Crippen molar-refractivity contribution in [2.75, 3.05) is 20.2 Å². The van der Waals surface area contributed by atoms with E-state index >= 15 is 0 Å². The van der Waals surface area contributed by atoms with Crippen LogP contribution in [0.5, 0.6) is 11.5 Å². The summed E-state index contributed by atoms with van der Waals surface area (Å²) in [6.07, 6.45) is 2.55. The summed E-state index contributed by atoms with van der Waals surface area (Å²) in [5, 5.41) is 3.29. The fraction of sp³-hybridized carbons (Fsp3) is 0.480. The molecule has 0 bridgehead atoms. The first-order valence-corrected chi connectivity index (χ1v) is 11.0. The first-order chi connectivity index (χ1) is 14.8. The predicted molar refractivity (Wildman–Crippen MR) is 118 cm³/mol. The Hall–Kier alpha value is -2.60. The lowest BCUT2D eigenvalue weighted by molar-refractivity contribution is -0.128. The van der Waals surface area contributed by atoms with Gasteiger partial charge in [-0.15, -0.1) is 0 Å². The molecule has 6 heteroatoms. The zero-order valence-electron chi connectivity index (χ0n) is 18.5. The minimum Gasteiger partial charge on any atom is -0.497 e. The first kappa shape index (κ1) is 21.6. The molecule has 2 aliphatic rings. The standard InChI is InChI=1S/C25H31FN2O3/c1-25(2)14-22(21-13-20(30-3)10-11-23(21)31-25)27-24(29)18-5-4-12-28(16-18)15-17-6-8-19(26)9-7-17/h6-11,13,18,22H,4-5,12,14-16H2,1-3H3,(H,27,29)/t18-,22-/m0/s1. The van der Waals surface area contributed by atoms with E-state index in [2.05, 4.69) is 10.2 Å². The molecule has 2 aliphatic heterocycles. The van der Waals surface area contributed by atoms with E-state index in [0.29, 0.717) is 13.0 Å². The van der Waals surface area contributed by atoms with Gasteiger partial charge in [0, 0.05) is 25.1 Å². The lowest BCUT2D eigenvalue weighted by Crippen LogP contribution is -2.46. The van der Waals surface area contributed by atoms with Crippen LogP contribution in [0.15, 0.2) is 42.5 Å². The average Bonchev–Trinajstić information content (AvgIpc) is 2.74. The fourth-order valence-corrected chi connectivity index (χ4v) is 4.64. The van der Waals surface area contributed by atoms with Crippen LogP contribution in [0.1, 0.15) is 50.3 Å². The number of methoxy groups -OCH3 is 1. The van der Waals surface area contributed by atoms with Crippen LogP contribution in [0.25, 0.3) is 0 Å². The Labute approximate surface area is 183 Å². The van der Waals surface area contributed by atoms with Gasteiger partial charge in [-0.25, -0.2) is 4.39 Å². The minimum atomic E-state index is -0.360. The van der Waals surface area contributed by atoms with E-state index in [1.54, 1.807) is 7.11 Å². The third kappa shape index (κ3) is 5.18. The van der Waals surface area contributed by atoms with Crippen LogP contribution < -0.4 is 14.8 Å². The molecule has 1 amide bonds. The number of piperidine rings is 1. The number of amides is 1. The molecule has 5 nitrogen and oxygen atoms in total. The second-order valence-corrected chi connectivity index (χ2v) is 9.23. The number of benzene rings is 2. The van der Waals surface area contributed by atoms with Crippen molar-refractivity contribution in [1.29, 1.82) is 0 Å². The number of hydrogen-bond acceptors (Lipinski definition) is 4. The Morgan fingerprint density at radius 2 is 2.03 bits per heavy atom. The largest absolute Gasteiger partial charge is 0.497 e. The van der Waals surface area contributed by atoms with Crippen molar-refractivity contribution in [1.82, 2.24) is 10.2 Å². The van der Waals surface area contributed by atoms with Crippen molar-refractivity contribution in [3.05, 3.63) is 59.4 Å². The molecule has 0 spiro atoms. The Balaban J connectivity index is 1.44. The molecule has 4 rings (SSSR count). The van der Waals surface area contributed by atoms with E-state index in [1.165, 1.54) is 12.1 Å². The van der Waals surface area contributed by atoms with E-state index in [9.17, 15) is 9.18 Å². The summed E-state index contributed by atoms with van der Waals surface area (Å²) >= 11 is 0. The molecule has 166 valence electrons. The maximum Gasteiger partial charge on any atom is 0.224 e. The molecular weight excluding hydrogens is 395 g/mol. The number of rotatable bonds is 5. The molecule has 0 aromatic heterocycles. The van der Waals surface area contributed by atoms with Crippen LogP contribution in [0, 0.1) is 11.7 Å². The van der Waals surface area contributed by atoms with Crippen molar-refractivity contribution < 1.29 is 18.7 Å². The van der Waals surface area contributed by atoms with Gasteiger partial charge in [0.2, 0.25) is 5.91 Å². The maximum absolute atomic E-state index is 13.2. The summed E-state index contributed by atoms with van der Waals surface area (Å²) in [5.41, 5.74) is 1.67. The Bertz CT molecular complexity index is 929. The van der Waals surface area contributed by atoms with Crippen LogP contribution in [0.4, 0.5) is 4.39 Å². The van der Waals surface area contributed by atoms with Gasteiger partial charge < -0.3 is 14.8 Å². The van der Waals surface area contributed by atoms with Crippen molar-refractivity contribution in [2.45, 2.75) is 51.3 Å². The third-order valence-electron chi connectivity index (χ3n) is 6.19. The Morgan fingerprint density at radius 3 is 2.77 bits per heavy atom. The molecule has 31 heavy (non-hydrogen) atoms. The summed E-state index contributed by atoms with van der Waals surface area (Å²) in [5.74, 6) is 1.35. The van der Waals surface area contributed by atoms with Gasteiger partial charge in [-0.2, -0.15) is 0 Å². The molecule has 0 aliphatic carbocycles. The topological polar surface area (TPSA) is 50.8 Å². The number of ether oxygens (including phenoxy) is 2. The predicted octanol–water partition coefficient (Wildman–Crippen LogP) is 4.46. The van der Waals surface area contributed by atoms with E-state index < -0.39 is 0 Å². The van der Waals surface area contributed by atoms with Crippen molar-refractivity contribution >= 4 is 5.91 Å². The number of hydrogen-bond donors (Lipinski definition) is 1. The number of carbonyl (C=O) groups is 1. The molecule has 1 fully saturated rings. The van der Waals surface area contributed by atoms with Gasteiger partial charge in [0.25, 0.3) is 0 Å². The van der Waals surface area contributed by atoms with Crippen LogP contribution >= 0.6 is 0 Å². The fourth-order valence-electron chi connectivity index (χ4n) is 4.64. The number of halogens is 1. The van der Waals surface area contributed by atoms with E-state index in [1.807, 2.05) is 44.2 Å². The molecule has 0 unspecified atom stereocenters. The third-order valence-corrected chi connectivity index (χ3v) is 6.19.